The highest BCUT2D eigenvalue weighted by atomic mass is 16.6. The molecular weight excluding hydrogens is 214 g/mol. The fourth-order valence-corrected chi connectivity index (χ4v) is 1.83. The summed E-state index contributed by atoms with van der Waals surface area (Å²) < 4.78 is 11.7. The minimum Gasteiger partial charge on any atom is -0.486 e. The molecule has 1 aromatic carbocycles. The van der Waals surface area contributed by atoms with E-state index < -0.39 is 0 Å². The number of aryl methyl sites for hydroxylation is 2. The van der Waals surface area contributed by atoms with Crippen LogP contribution < -0.4 is 14.8 Å². The van der Waals surface area contributed by atoms with Crippen LogP contribution >= 0.6 is 0 Å². The Hall–Kier alpha value is -1.22. The van der Waals surface area contributed by atoms with Crippen LogP contribution in [0.25, 0.3) is 0 Å². The summed E-state index contributed by atoms with van der Waals surface area (Å²) in [5.41, 5.74) is 2.48. The van der Waals surface area contributed by atoms with Crippen LogP contribution in [0.15, 0.2) is 12.1 Å². The van der Waals surface area contributed by atoms with Gasteiger partial charge in [0.2, 0.25) is 0 Å². The second-order valence-electron chi connectivity index (χ2n) is 5.00. The molecule has 1 atom stereocenters. The van der Waals surface area contributed by atoms with Crippen LogP contribution in [0.5, 0.6) is 11.5 Å². The molecule has 1 heterocycles. The molecule has 0 aliphatic carbocycles. The first kappa shape index (κ1) is 12.2. The lowest BCUT2D eigenvalue weighted by Crippen LogP contribution is -2.40. The smallest absolute Gasteiger partial charge is 0.162 e. The van der Waals surface area contributed by atoms with Crippen LogP contribution in [0.1, 0.15) is 25.0 Å². The Morgan fingerprint density at radius 1 is 1.24 bits per heavy atom. The fourth-order valence-electron chi connectivity index (χ4n) is 1.83. The molecule has 3 nitrogen and oxygen atoms in total. The Bertz CT molecular complexity index is 401. The van der Waals surface area contributed by atoms with Gasteiger partial charge in [-0.25, -0.2) is 0 Å². The van der Waals surface area contributed by atoms with E-state index in [1.807, 2.05) is 0 Å². The highest BCUT2D eigenvalue weighted by Gasteiger charge is 2.21. The Kier molecular flexibility index (Phi) is 3.57. The zero-order valence-corrected chi connectivity index (χ0v) is 11.0. The van der Waals surface area contributed by atoms with Crippen LogP contribution in [0.2, 0.25) is 0 Å². The molecule has 0 saturated heterocycles. The molecule has 17 heavy (non-hydrogen) atoms. The summed E-state index contributed by atoms with van der Waals surface area (Å²) in [6.07, 6.45) is 0.104. The van der Waals surface area contributed by atoms with Crippen LogP contribution in [0.4, 0.5) is 0 Å². The standard InChI is InChI=1S/C14H21NO2/c1-9(2)15-7-12-8-16-13-5-10(3)11(4)6-14(13)17-12/h5-6,9,12,15H,7-8H2,1-4H3. The van der Waals surface area contributed by atoms with E-state index in [-0.39, 0.29) is 6.10 Å². The third kappa shape index (κ3) is 2.91. The maximum Gasteiger partial charge on any atom is 0.162 e. The van der Waals surface area contributed by atoms with Gasteiger partial charge in [0.1, 0.15) is 12.7 Å². The molecule has 1 aliphatic heterocycles. The van der Waals surface area contributed by atoms with Crippen LogP contribution in [-0.2, 0) is 0 Å². The zero-order valence-electron chi connectivity index (χ0n) is 11.0. The van der Waals surface area contributed by atoms with E-state index in [4.69, 9.17) is 9.47 Å². The van der Waals surface area contributed by atoms with Crippen LogP contribution in [-0.4, -0.2) is 25.3 Å². The minimum absolute atomic E-state index is 0.104. The summed E-state index contributed by atoms with van der Waals surface area (Å²) in [6, 6.07) is 4.59. The van der Waals surface area contributed by atoms with Crippen LogP contribution in [0.3, 0.4) is 0 Å². The third-order valence-corrected chi connectivity index (χ3v) is 3.03. The summed E-state index contributed by atoms with van der Waals surface area (Å²) in [6.45, 7) is 9.88. The molecule has 94 valence electrons. The summed E-state index contributed by atoms with van der Waals surface area (Å²) in [5, 5.41) is 3.37. The Morgan fingerprint density at radius 3 is 2.53 bits per heavy atom. The summed E-state index contributed by atoms with van der Waals surface area (Å²) in [4.78, 5) is 0. The van der Waals surface area contributed by atoms with Gasteiger partial charge in [-0.2, -0.15) is 0 Å². The van der Waals surface area contributed by atoms with Gasteiger partial charge in [-0.1, -0.05) is 13.8 Å². The topological polar surface area (TPSA) is 30.5 Å². The average molecular weight is 235 g/mol. The first-order valence-electron chi connectivity index (χ1n) is 6.20. The molecule has 1 N–H and O–H groups in total. The predicted octanol–water partition coefficient (Wildman–Crippen LogP) is 2.44. The Labute approximate surface area is 103 Å². The van der Waals surface area contributed by atoms with E-state index in [9.17, 15) is 0 Å². The minimum atomic E-state index is 0.104. The number of benzene rings is 1. The molecule has 0 fully saturated rings. The Balaban J connectivity index is 2.05. The average Bonchev–Trinajstić information content (AvgIpc) is 2.28. The van der Waals surface area contributed by atoms with E-state index in [2.05, 4.69) is 45.1 Å². The van der Waals surface area contributed by atoms with Gasteiger partial charge in [0.25, 0.3) is 0 Å². The van der Waals surface area contributed by atoms with Crippen molar-refractivity contribution in [3.05, 3.63) is 23.3 Å². The van der Waals surface area contributed by atoms with Crippen molar-refractivity contribution in [3.63, 3.8) is 0 Å². The van der Waals surface area contributed by atoms with Gasteiger partial charge in [0, 0.05) is 12.6 Å². The molecule has 0 aromatic heterocycles. The van der Waals surface area contributed by atoms with Crippen molar-refractivity contribution >= 4 is 0 Å². The third-order valence-electron chi connectivity index (χ3n) is 3.03. The van der Waals surface area contributed by atoms with Crippen molar-refractivity contribution in [2.24, 2.45) is 0 Å². The summed E-state index contributed by atoms with van der Waals surface area (Å²) in [7, 11) is 0. The van der Waals surface area contributed by atoms with E-state index >= 15 is 0 Å². The molecule has 1 aromatic rings. The van der Waals surface area contributed by atoms with Crippen molar-refractivity contribution < 1.29 is 9.47 Å². The van der Waals surface area contributed by atoms with Gasteiger partial charge in [-0.15, -0.1) is 0 Å². The molecule has 1 aliphatic rings. The van der Waals surface area contributed by atoms with Gasteiger partial charge < -0.3 is 14.8 Å². The molecular formula is C14H21NO2. The van der Waals surface area contributed by atoms with Gasteiger partial charge in [-0.3, -0.25) is 0 Å². The van der Waals surface area contributed by atoms with Crippen molar-refractivity contribution in [1.82, 2.24) is 5.32 Å². The molecule has 0 spiro atoms. The lowest BCUT2D eigenvalue weighted by Gasteiger charge is -2.28. The van der Waals surface area contributed by atoms with E-state index in [0.29, 0.717) is 12.6 Å². The molecule has 1 unspecified atom stereocenters. The molecule has 2 rings (SSSR count). The van der Waals surface area contributed by atoms with E-state index in [1.54, 1.807) is 0 Å². The quantitative estimate of drug-likeness (QED) is 0.873. The van der Waals surface area contributed by atoms with Crippen molar-refractivity contribution in [3.8, 4) is 11.5 Å². The number of rotatable bonds is 3. The number of hydrogen-bond acceptors (Lipinski definition) is 3. The summed E-state index contributed by atoms with van der Waals surface area (Å²) in [5.74, 6) is 1.74. The molecule has 3 heteroatoms. The van der Waals surface area contributed by atoms with E-state index in [0.717, 1.165) is 18.0 Å². The molecule has 0 bridgehead atoms. The number of fused-ring (bicyclic) bond motifs is 1. The number of hydrogen-bond donors (Lipinski definition) is 1. The zero-order chi connectivity index (χ0) is 12.4. The highest BCUT2D eigenvalue weighted by molar-refractivity contribution is 5.47. The van der Waals surface area contributed by atoms with Gasteiger partial charge >= 0.3 is 0 Å². The normalized spacial score (nSPS) is 18.5. The maximum atomic E-state index is 5.93. The highest BCUT2D eigenvalue weighted by Crippen LogP contribution is 2.34. The second kappa shape index (κ2) is 4.96. The summed E-state index contributed by atoms with van der Waals surface area (Å²) >= 11 is 0. The lowest BCUT2D eigenvalue weighted by atomic mass is 10.1. The first-order chi connectivity index (χ1) is 8.06. The monoisotopic (exact) mass is 235 g/mol. The van der Waals surface area contributed by atoms with Crippen LogP contribution in [0, 0.1) is 13.8 Å². The molecule has 0 amide bonds. The van der Waals surface area contributed by atoms with Crippen molar-refractivity contribution in [2.45, 2.75) is 39.8 Å². The van der Waals surface area contributed by atoms with E-state index in [1.165, 1.54) is 11.1 Å². The van der Waals surface area contributed by atoms with Gasteiger partial charge in [0.15, 0.2) is 11.5 Å². The fraction of sp³-hybridized carbons (Fsp3) is 0.571. The van der Waals surface area contributed by atoms with Crippen molar-refractivity contribution in [1.29, 1.82) is 0 Å². The molecule has 0 radical (unpaired) electrons. The first-order valence-corrected chi connectivity index (χ1v) is 6.20. The van der Waals surface area contributed by atoms with Gasteiger partial charge in [0.05, 0.1) is 0 Å². The second-order valence-corrected chi connectivity index (χ2v) is 5.00. The predicted molar refractivity (Wildman–Crippen MR) is 69.0 cm³/mol. The maximum absolute atomic E-state index is 5.93. The lowest BCUT2D eigenvalue weighted by molar-refractivity contribution is 0.0888. The Morgan fingerprint density at radius 2 is 1.88 bits per heavy atom. The number of ether oxygens (including phenoxy) is 2. The molecule has 0 saturated carbocycles. The van der Waals surface area contributed by atoms with Gasteiger partial charge in [-0.05, 0) is 37.1 Å². The largest absolute Gasteiger partial charge is 0.486 e. The SMILES string of the molecule is Cc1cc2c(cc1C)OC(CNC(C)C)CO2. The number of nitrogens with one attached hydrogen (secondary N) is 1. The van der Waals surface area contributed by atoms with Crippen molar-refractivity contribution in [2.75, 3.05) is 13.2 Å².